The average Bonchev–Trinajstić information content (AvgIpc) is 3.20. The highest BCUT2D eigenvalue weighted by Gasteiger charge is 2.22. The van der Waals surface area contributed by atoms with Gasteiger partial charge in [0.25, 0.3) is 0 Å². The quantitative estimate of drug-likeness (QED) is 0.532. The number of carbonyl (C=O) groups excluding carboxylic acids is 1. The summed E-state index contributed by atoms with van der Waals surface area (Å²) in [6, 6.07) is 10.1. The van der Waals surface area contributed by atoms with Crippen molar-refractivity contribution >= 4 is 32.7 Å². The molecule has 2 aromatic heterocycles. The smallest absolute Gasteiger partial charge is 0.222 e. The summed E-state index contributed by atoms with van der Waals surface area (Å²) >= 11 is 1.62. The Hall–Kier alpha value is -2.67. The minimum atomic E-state index is 0.243. The van der Waals surface area contributed by atoms with Crippen LogP contribution in [0.5, 0.6) is 5.75 Å². The first-order chi connectivity index (χ1) is 14.6. The van der Waals surface area contributed by atoms with E-state index in [0.29, 0.717) is 13.0 Å². The predicted octanol–water partition coefficient (Wildman–Crippen LogP) is 4.21. The Morgan fingerprint density at radius 2 is 1.97 bits per heavy atom. The molecule has 1 aromatic carbocycles. The van der Waals surface area contributed by atoms with Gasteiger partial charge in [-0.15, -0.1) is 0 Å². The lowest BCUT2D eigenvalue weighted by molar-refractivity contribution is -0.131. The number of aryl methyl sites for hydroxylation is 2. The lowest BCUT2D eigenvalue weighted by Gasteiger charge is -2.34. The lowest BCUT2D eigenvalue weighted by atomic mass is 10.1. The number of piperazine rings is 1. The van der Waals surface area contributed by atoms with E-state index in [9.17, 15) is 4.79 Å². The minimum Gasteiger partial charge on any atom is -0.493 e. The van der Waals surface area contributed by atoms with Gasteiger partial charge in [0.2, 0.25) is 5.91 Å². The number of aromatic nitrogens is 2. The molecule has 1 aliphatic rings. The number of benzene rings is 1. The van der Waals surface area contributed by atoms with Gasteiger partial charge >= 0.3 is 0 Å². The molecule has 0 N–H and O–H groups in total. The van der Waals surface area contributed by atoms with E-state index in [1.54, 1.807) is 17.5 Å². The van der Waals surface area contributed by atoms with Crippen LogP contribution in [0, 0.1) is 13.8 Å². The zero-order valence-corrected chi connectivity index (χ0v) is 18.5. The highest BCUT2D eigenvalue weighted by molar-refractivity contribution is 7.21. The standard InChI is InChI=1S/C23H28N4O2S/c1-17-8-9-18(2)20(16-17)29-15-4-3-7-21(28)26-11-13-27(14-12-26)23-25-19-6-5-10-24-22(19)30-23/h5-6,8-10,16H,3-4,7,11-15H2,1-2H3. The number of hydrogen-bond acceptors (Lipinski definition) is 6. The Balaban J connectivity index is 1.18. The summed E-state index contributed by atoms with van der Waals surface area (Å²) in [6.07, 6.45) is 4.13. The van der Waals surface area contributed by atoms with E-state index in [0.717, 1.165) is 65.8 Å². The van der Waals surface area contributed by atoms with E-state index in [2.05, 4.69) is 46.9 Å². The Labute approximate surface area is 181 Å². The third kappa shape index (κ3) is 4.90. The van der Waals surface area contributed by atoms with Gasteiger partial charge in [0.1, 0.15) is 16.1 Å². The number of amides is 1. The monoisotopic (exact) mass is 424 g/mol. The zero-order chi connectivity index (χ0) is 20.9. The molecule has 0 spiro atoms. The van der Waals surface area contributed by atoms with Crippen molar-refractivity contribution in [3.8, 4) is 5.75 Å². The Morgan fingerprint density at radius 3 is 2.77 bits per heavy atom. The summed E-state index contributed by atoms with van der Waals surface area (Å²) in [7, 11) is 0. The largest absolute Gasteiger partial charge is 0.493 e. The van der Waals surface area contributed by atoms with Gasteiger partial charge in [0, 0.05) is 38.8 Å². The zero-order valence-electron chi connectivity index (χ0n) is 17.6. The molecule has 1 fully saturated rings. The second kappa shape index (κ2) is 9.43. The third-order valence-electron chi connectivity index (χ3n) is 5.44. The molecule has 1 aliphatic heterocycles. The second-order valence-corrected chi connectivity index (χ2v) is 8.72. The molecule has 1 amide bonds. The summed E-state index contributed by atoms with van der Waals surface area (Å²) in [6.45, 7) is 7.92. The Morgan fingerprint density at radius 1 is 1.13 bits per heavy atom. The van der Waals surface area contributed by atoms with Crippen molar-refractivity contribution in [3.05, 3.63) is 47.7 Å². The van der Waals surface area contributed by atoms with Crippen molar-refractivity contribution in [1.29, 1.82) is 0 Å². The summed E-state index contributed by atoms with van der Waals surface area (Å²) in [5, 5.41) is 0.999. The van der Waals surface area contributed by atoms with Gasteiger partial charge in [-0.25, -0.2) is 9.97 Å². The van der Waals surface area contributed by atoms with Crippen LogP contribution in [0.25, 0.3) is 10.3 Å². The van der Waals surface area contributed by atoms with Crippen molar-refractivity contribution in [3.63, 3.8) is 0 Å². The van der Waals surface area contributed by atoms with Gasteiger partial charge < -0.3 is 14.5 Å². The van der Waals surface area contributed by atoms with E-state index in [1.807, 2.05) is 17.0 Å². The Bertz CT molecular complexity index is 978. The molecule has 3 heterocycles. The van der Waals surface area contributed by atoms with Crippen LogP contribution < -0.4 is 9.64 Å². The first-order valence-corrected chi connectivity index (χ1v) is 11.4. The van der Waals surface area contributed by atoms with Crippen LogP contribution >= 0.6 is 11.3 Å². The van der Waals surface area contributed by atoms with E-state index in [-0.39, 0.29) is 5.91 Å². The van der Waals surface area contributed by atoms with Crippen LogP contribution in [0.4, 0.5) is 5.13 Å². The van der Waals surface area contributed by atoms with Gasteiger partial charge in [0.15, 0.2) is 5.13 Å². The van der Waals surface area contributed by atoms with Crippen molar-refractivity contribution in [1.82, 2.24) is 14.9 Å². The minimum absolute atomic E-state index is 0.243. The van der Waals surface area contributed by atoms with Gasteiger partial charge in [-0.1, -0.05) is 23.5 Å². The molecular weight excluding hydrogens is 396 g/mol. The van der Waals surface area contributed by atoms with Crippen LogP contribution in [-0.4, -0.2) is 53.6 Å². The molecule has 30 heavy (non-hydrogen) atoms. The molecule has 158 valence electrons. The molecular formula is C23H28N4O2S. The Kier molecular flexibility index (Phi) is 6.47. The molecule has 4 rings (SSSR count). The van der Waals surface area contributed by atoms with Crippen LogP contribution in [-0.2, 0) is 4.79 Å². The normalized spacial score (nSPS) is 14.3. The van der Waals surface area contributed by atoms with Crippen LogP contribution in [0.1, 0.15) is 30.4 Å². The number of unbranched alkanes of at least 4 members (excludes halogenated alkanes) is 1. The number of nitrogens with zero attached hydrogens (tertiary/aromatic N) is 4. The molecule has 0 saturated carbocycles. The number of carbonyl (C=O) groups is 1. The van der Waals surface area contributed by atoms with Gasteiger partial charge in [-0.05, 0) is 56.0 Å². The van der Waals surface area contributed by atoms with E-state index < -0.39 is 0 Å². The topological polar surface area (TPSA) is 58.6 Å². The fraction of sp³-hybridized carbons (Fsp3) is 0.435. The fourth-order valence-corrected chi connectivity index (χ4v) is 4.58. The summed E-state index contributed by atoms with van der Waals surface area (Å²) in [5.74, 6) is 1.19. The van der Waals surface area contributed by atoms with Gasteiger partial charge in [-0.2, -0.15) is 0 Å². The van der Waals surface area contributed by atoms with Crippen molar-refractivity contribution in [2.75, 3.05) is 37.7 Å². The first-order valence-electron chi connectivity index (χ1n) is 10.5. The number of hydrogen-bond donors (Lipinski definition) is 0. The number of fused-ring (bicyclic) bond motifs is 1. The number of rotatable bonds is 7. The maximum Gasteiger partial charge on any atom is 0.222 e. The SMILES string of the molecule is Cc1ccc(C)c(OCCCCC(=O)N2CCN(c3nc4cccnc4s3)CC2)c1. The molecule has 6 nitrogen and oxygen atoms in total. The molecule has 3 aromatic rings. The highest BCUT2D eigenvalue weighted by atomic mass is 32.1. The number of thiazole rings is 1. The van der Waals surface area contributed by atoms with Crippen molar-refractivity contribution < 1.29 is 9.53 Å². The molecule has 0 radical (unpaired) electrons. The summed E-state index contributed by atoms with van der Waals surface area (Å²) < 4.78 is 5.89. The van der Waals surface area contributed by atoms with Crippen molar-refractivity contribution in [2.24, 2.45) is 0 Å². The fourth-order valence-electron chi connectivity index (χ4n) is 3.62. The number of anilines is 1. The van der Waals surface area contributed by atoms with Crippen LogP contribution in [0.15, 0.2) is 36.5 Å². The first kappa shape index (κ1) is 20.6. The van der Waals surface area contributed by atoms with Gasteiger partial charge in [-0.3, -0.25) is 4.79 Å². The lowest BCUT2D eigenvalue weighted by Crippen LogP contribution is -2.48. The molecule has 7 heteroatoms. The van der Waals surface area contributed by atoms with Gasteiger partial charge in [0.05, 0.1) is 6.61 Å². The third-order valence-corrected chi connectivity index (χ3v) is 6.48. The van der Waals surface area contributed by atoms with Crippen LogP contribution in [0.3, 0.4) is 0 Å². The van der Waals surface area contributed by atoms with Crippen molar-refractivity contribution in [2.45, 2.75) is 33.1 Å². The molecule has 0 unspecified atom stereocenters. The van der Waals surface area contributed by atoms with E-state index in [1.165, 1.54) is 5.56 Å². The maximum absolute atomic E-state index is 12.6. The molecule has 0 bridgehead atoms. The maximum atomic E-state index is 12.6. The predicted molar refractivity (Wildman–Crippen MR) is 121 cm³/mol. The summed E-state index contributed by atoms with van der Waals surface area (Å²) in [4.78, 5) is 26.8. The molecule has 0 aliphatic carbocycles. The number of pyridine rings is 1. The average molecular weight is 425 g/mol. The molecule has 0 atom stereocenters. The van der Waals surface area contributed by atoms with Crippen LogP contribution in [0.2, 0.25) is 0 Å². The van der Waals surface area contributed by atoms with E-state index >= 15 is 0 Å². The molecule has 1 saturated heterocycles. The highest BCUT2D eigenvalue weighted by Crippen LogP contribution is 2.27. The second-order valence-electron chi connectivity index (χ2n) is 7.77. The van der Waals surface area contributed by atoms with E-state index in [4.69, 9.17) is 4.74 Å². The summed E-state index contributed by atoms with van der Waals surface area (Å²) in [5.41, 5.74) is 3.30. The number of ether oxygens (including phenoxy) is 1.